The van der Waals surface area contributed by atoms with Crippen molar-refractivity contribution in [3.8, 4) is 0 Å². The molecule has 112 valence electrons. The van der Waals surface area contributed by atoms with Gasteiger partial charge in [0, 0.05) is 50.3 Å². The first kappa shape index (κ1) is 13.1. The molecule has 21 heavy (non-hydrogen) atoms. The molecule has 0 aliphatic carbocycles. The van der Waals surface area contributed by atoms with Gasteiger partial charge in [-0.1, -0.05) is 6.42 Å². The topological polar surface area (TPSA) is 44.6 Å². The zero-order valence-electron chi connectivity index (χ0n) is 12.4. The summed E-state index contributed by atoms with van der Waals surface area (Å²) in [4.78, 5) is 7.28. The van der Waals surface area contributed by atoms with Gasteiger partial charge < -0.3 is 19.9 Å². The lowest BCUT2D eigenvalue weighted by molar-refractivity contribution is 0.406. The number of nitrogens with zero attached hydrogens (tertiary/aromatic N) is 3. The summed E-state index contributed by atoms with van der Waals surface area (Å²) in [5.41, 5.74) is 3.54. The van der Waals surface area contributed by atoms with E-state index in [0.717, 1.165) is 38.4 Å². The van der Waals surface area contributed by atoms with Crippen LogP contribution in [-0.2, 0) is 0 Å². The quantitative estimate of drug-likeness (QED) is 0.879. The second kappa shape index (κ2) is 5.66. The molecular weight excluding hydrogens is 262 g/mol. The van der Waals surface area contributed by atoms with Crippen molar-refractivity contribution >= 4 is 11.3 Å². The number of piperidine rings is 1. The fourth-order valence-electron chi connectivity index (χ4n) is 3.38. The molecule has 2 aromatic heterocycles. The molecule has 2 fully saturated rings. The van der Waals surface area contributed by atoms with Crippen molar-refractivity contribution in [2.45, 2.75) is 25.3 Å². The second-order valence-electron chi connectivity index (χ2n) is 6.06. The second-order valence-corrected chi connectivity index (χ2v) is 6.06. The van der Waals surface area contributed by atoms with Crippen LogP contribution < -0.4 is 15.5 Å². The Morgan fingerprint density at radius 3 is 2.86 bits per heavy atom. The average molecular weight is 285 g/mol. The van der Waals surface area contributed by atoms with Gasteiger partial charge in [-0.05, 0) is 25.5 Å². The molecule has 0 aromatic carbocycles. The van der Waals surface area contributed by atoms with Crippen molar-refractivity contribution in [3.63, 3.8) is 0 Å². The lowest BCUT2D eigenvalue weighted by atomic mass is 10.0. The summed E-state index contributed by atoms with van der Waals surface area (Å²) in [6.45, 7) is 5.40. The summed E-state index contributed by atoms with van der Waals surface area (Å²) >= 11 is 0. The molecule has 2 aliphatic heterocycles. The molecule has 0 radical (unpaired) electrons. The summed E-state index contributed by atoms with van der Waals surface area (Å²) in [6, 6.07) is 4.86. The molecule has 2 saturated heterocycles. The van der Waals surface area contributed by atoms with E-state index in [0.29, 0.717) is 6.04 Å². The Morgan fingerprint density at radius 1 is 1.14 bits per heavy atom. The van der Waals surface area contributed by atoms with Gasteiger partial charge in [-0.2, -0.15) is 0 Å². The summed E-state index contributed by atoms with van der Waals surface area (Å²) < 4.78 is 2.15. The first-order valence-corrected chi connectivity index (χ1v) is 8.08. The van der Waals surface area contributed by atoms with Crippen molar-refractivity contribution < 1.29 is 0 Å². The summed E-state index contributed by atoms with van der Waals surface area (Å²) in [5.74, 6) is 0. The van der Waals surface area contributed by atoms with Crippen LogP contribution in [0, 0.1) is 0 Å². The van der Waals surface area contributed by atoms with Crippen LogP contribution >= 0.6 is 0 Å². The molecule has 4 rings (SSSR count). The van der Waals surface area contributed by atoms with Crippen molar-refractivity contribution in [2.75, 3.05) is 37.6 Å². The molecule has 0 spiro atoms. The highest BCUT2D eigenvalue weighted by Crippen LogP contribution is 2.24. The molecule has 0 saturated carbocycles. The number of hydrogen-bond acceptors (Lipinski definition) is 4. The molecule has 2 aliphatic rings. The summed E-state index contributed by atoms with van der Waals surface area (Å²) in [5, 5.41) is 6.98. The van der Waals surface area contributed by atoms with Gasteiger partial charge in [0.25, 0.3) is 0 Å². The van der Waals surface area contributed by atoms with Crippen molar-refractivity contribution in [2.24, 2.45) is 0 Å². The number of pyridine rings is 1. The molecule has 0 amide bonds. The van der Waals surface area contributed by atoms with Gasteiger partial charge in [0.2, 0.25) is 0 Å². The van der Waals surface area contributed by atoms with Crippen LogP contribution in [0.4, 0.5) is 5.69 Å². The predicted molar refractivity (Wildman–Crippen MR) is 84.9 cm³/mol. The van der Waals surface area contributed by atoms with Crippen LogP contribution in [0.5, 0.6) is 0 Å². The van der Waals surface area contributed by atoms with Gasteiger partial charge in [-0.25, -0.2) is 4.98 Å². The number of hydrogen-bond donors (Lipinski definition) is 2. The van der Waals surface area contributed by atoms with E-state index in [1.54, 1.807) is 0 Å². The number of rotatable bonds is 2. The molecule has 5 nitrogen and oxygen atoms in total. The first-order chi connectivity index (χ1) is 10.4. The zero-order chi connectivity index (χ0) is 14.1. The van der Waals surface area contributed by atoms with E-state index in [-0.39, 0.29) is 0 Å². The fourth-order valence-corrected chi connectivity index (χ4v) is 3.38. The smallest absolute Gasteiger partial charge is 0.139 e. The van der Waals surface area contributed by atoms with Crippen LogP contribution in [0.25, 0.3) is 5.65 Å². The number of nitrogens with one attached hydrogen (secondary N) is 2. The number of aromatic nitrogens is 2. The number of anilines is 1. The van der Waals surface area contributed by atoms with Crippen molar-refractivity contribution in [1.29, 1.82) is 0 Å². The predicted octanol–water partition coefficient (Wildman–Crippen LogP) is 1.56. The SMILES string of the molecule is c1cn2cc(C3CCCCN3)nc2cc1N1CCNCC1. The minimum atomic E-state index is 0.432. The number of imidazole rings is 1. The molecule has 1 atom stereocenters. The fraction of sp³-hybridized carbons (Fsp3) is 0.562. The van der Waals surface area contributed by atoms with Gasteiger partial charge in [-0.3, -0.25) is 0 Å². The van der Waals surface area contributed by atoms with E-state index in [1.807, 2.05) is 0 Å². The van der Waals surface area contributed by atoms with Gasteiger partial charge in [-0.15, -0.1) is 0 Å². The van der Waals surface area contributed by atoms with E-state index in [4.69, 9.17) is 4.98 Å². The number of piperazine rings is 1. The van der Waals surface area contributed by atoms with Crippen molar-refractivity contribution in [1.82, 2.24) is 20.0 Å². The molecule has 5 heteroatoms. The minimum absolute atomic E-state index is 0.432. The Morgan fingerprint density at radius 2 is 2.05 bits per heavy atom. The molecule has 1 unspecified atom stereocenters. The van der Waals surface area contributed by atoms with Crippen LogP contribution in [-0.4, -0.2) is 42.1 Å². The number of fused-ring (bicyclic) bond motifs is 1. The largest absolute Gasteiger partial charge is 0.369 e. The lowest BCUT2D eigenvalue weighted by Crippen LogP contribution is -2.43. The van der Waals surface area contributed by atoms with Crippen molar-refractivity contribution in [3.05, 3.63) is 30.2 Å². The lowest BCUT2D eigenvalue weighted by Gasteiger charge is -2.29. The molecule has 0 bridgehead atoms. The van der Waals surface area contributed by atoms with Gasteiger partial charge in [0.05, 0.1) is 11.7 Å². The van der Waals surface area contributed by atoms with Crippen LogP contribution in [0.15, 0.2) is 24.5 Å². The highest BCUT2D eigenvalue weighted by atomic mass is 15.2. The maximum Gasteiger partial charge on any atom is 0.139 e. The van der Waals surface area contributed by atoms with E-state index < -0.39 is 0 Å². The third kappa shape index (κ3) is 2.63. The van der Waals surface area contributed by atoms with E-state index in [9.17, 15) is 0 Å². The first-order valence-electron chi connectivity index (χ1n) is 8.08. The molecular formula is C16H23N5. The highest BCUT2D eigenvalue weighted by molar-refractivity contribution is 5.57. The molecule has 4 heterocycles. The third-order valence-electron chi connectivity index (χ3n) is 4.61. The van der Waals surface area contributed by atoms with Crippen LogP contribution in [0.1, 0.15) is 31.0 Å². The van der Waals surface area contributed by atoms with E-state index in [1.165, 1.54) is 30.6 Å². The Labute approximate surface area is 125 Å². The Bertz CT molecular complexity index is 592. The Balaban J connectivity index is 1.61. The monoisotopic (exact) mass is 285 g/mol. The van der Waals surface area contributed by atoms with Gasteiger partial charge in [0.15, 0.2) is 0 Å². The third-order valence-corrected chi connectivity index (χ3v) is 4.61. The Hall–Kier alpha value is -1.59. The average Bonchev–Trinajstić information content (AvgIpc) is 2.99. The molecule has 2 aromatic rings. The van der Waals surface area contributed by atoms with Gasteiger partial charge >= 0.3 is 0 Å². The van der Waals surface area contributed by atoms with E-state index in [2.05, 4.69) is 44.5 Å². The maximum atomic E-state index is 4.85. The van der Waals surface area contributed by atoms with Crippen LogP contribution in [0.2, 0.25) is 0 Å². The summed E-state index contributed by atoms with van der Waals surface area (Å²) in [6.07, 6.45) is 8.12. The van der Waals surface area contributed by atoms with Gasteiger partial charge in [0.1, 0.15) is 5.65 Å². The van der Waals surface area contributed by atoms with Crippen LogP contribution in [0.3, 0.4) is 0 Å². The summed E-state index contributed by atoms with van der Waals surface area (Å²) in [7, 11) is 0. The Kier molecular flexibility index (Phi) is 3.53. The standard InChI is InChI=1S/C16H23N5/c1-2-5-18-14(3-1)15-12-21-8-4-13(11-16(21)19-15)20-9-6-17-7-10-20/h4,8,11-12,14,17-18H,1-3,5-7,9-10H2. The maximum absolute atomic E-state index is 4.85. The minimum Gasteiger partial charge on any atom is -0.369 e. The zero-order valence-corrected chi connectivity index (χ0v) is 12.4. The highest BCUT2D eigenvalue weighted by Gasteiger charge is 2.18. The van der Waals surface area contributed by atoms with E-state index >= 15 is 0 Å². The normalized spacial score (nSPS) is 23.6. The molecule has 2 N–H and O–H groups in total.